The van der Waals surface area contributed by atoms with Crippen molar-refractivity contribution in [1.29, 1.82) is 0 Å². The number of phenols is 1. The Morgan fingerprint density at radius 3 is 3.00 bits per heavy atom. The maximum Gasteiger partial charge on any atom is 0.212 e. The monoisotopic (exact) mass is 330 g/mol. The van der Waals surface area contributed by atoms with Crippen molar-refractivity contribution in [3.63, 3.8) is 0 Å². The fraction of sp³-hybridized carbons (Fsp3) is 0. The highest BCUT2D eigenvalue weighted by Crippen LogP contribution is 2.40. The number of hydrogen-bond donors (Lipinski definition) is 4. The van der Waals surface area contributed by atoms with E-state index in [0.717, 1.165) is 21.5 Å². The highest BCUT2D eigenvalue weighted by molar-refractivity contribution is 7.98. The largest absolute Gasteiger partial charge is 0.506 e. The molecule has 0 aliphatic carbocycles. The zero-order valence-corrected chi connectivity index (χ0v) is 12.8. The molecule has 1 aromatic heterocycles. The molecule has 0 fully saturated rings. The molecule has 4 N–H and O–H groups in total. The molecule has 7 heteroatoms. The van der Waals surface area contributed by atoms with Crippen LogP contribution in [0.2, 0.25) is 5.02 Å². The third-order valence-corrected chi connectivity index (χ3v) is 4.35. The van der Waals surface area contributed by atoms with E-state index >= 15 is 0 Å². The van der Waals surface area contributed by atoms with E-state index in [1.165, 1.54) is 18.0 Å². The van der Waals surface area contributed by atoms with Crippen LogP contribution < -0.4 is 10.6 Å². The average molecular weight is 331 g/mol. The van der Waals surface area contributed by atoms with E-state index in [9.17, 15) is 5.11 Å². The van der Waals surface area contributed by atoms with Gasteiger partial charge in [-0.1, -0.05) is 11.6 Å². The fourth-order valence-corrected chi connectivity index (χ4v) is 3.31. The summed E-state index contributed by atoms with van der Waals surface area (Å²) in [5, 5.41) is 17.9. The molecule has 4 rings (SSSR count). The summed E-state index contributed by atoms with van der Waals surface area (Å²) >= 11 is 7.19. The van der Waals surface area contributed by atoms with Crippen molar-refractivity contribution >= 4 is 51.8 Å². The number of phenolic OH excluding ortho intramolecular Hbond substituents is 1. The number of nitrogens with zero attached hydrogens (tertiary/aromatic N) is 1. The average Bonchev–Trinajstić information content (AvgIpc) is 2.95. The van der Waals surface area contributed by atoms with Gasteiger partial charge in [-0.05, 0) is 30.3 Å². The molecule has 0 spiro atoms. The minimum atomic E-state index is 0.102. The molecule has 2 heterocycles. The Hall–Kier alpha value is -2.31. The zero-order chi connectivity index (χ0) is 15.1. The van der Waals surface area contributed by atoms with Crippen LogP contribution in [0, 0.1) is 0 Å². The molecule has 22 heavy (non-hydrogen) atoms. The molecule has 0 bridgehead atoms. The standard InChI is InChI=1S/C15H11ClN4OS/c16-9-6-12(21)14-13(7-9)22-20-15(19-14)18-10-1-2-11-8(5-10)3-4-17-11/h1-7,17,21H,(H2,18,19,20). The second-order valence-electron chi connectivity index (χ2n) is 4.86. The molecule has 0 atom stereocenters. The molecule has 5 nitrogen and oxygen atoms in total. The normalized spacial score (nSPS) is 13.4. The lowest BCUT2D eigenvalue weighted by Crippen LogP contribution is -2.23. The van der Waals surface area contributed by atoms with Gasteiger partial charge in [0.15, 0.2) is 0 Å². The van der Waals surface area contributed by atoms with Gasteiger partial charge in [0.05, 0.1) is 10.6 Å². The smallest absolute Gasteiger partial charge is 0.212 e. The van der Waals surface area contributed by atoms with Crippen molar-refractivity contribution in [3.05, 3.63) is 47.6 Å². The summed E-state index contributed by atoms with van der Waals surface area (Å²) in [7, 11) is 0. The van der Waals surface area contributed by atoms with Gasteiger partial charge in [0.2, 0.25) is 5.96 Å². The fourth-order valence-electron chi connectivity index (χ4n) is 2.32. The summed E-state index contributed by atoms with van der Waals surface area (Å²) < 4.78 is 4.35. The maximum atomic E-state index is 9.99. The lowest BCUT2D eigenvalue weighted by molar-refractivity contribution is 0.476. The highest BCUT2D eigenvalue weighted by Gasteiger charge is 2.17. The molecular weight excluding hydrogens is 320 g/mol. The molecule has 1 aliphatic heterocycles. The summed E-state index contributed by atoms with van der Waals surface area (Å²) in [5.74, 6) is 0.662. The molecule has 0 saturated heterocycles. The third kappa shape index (κ3) is 2.36. The van der Waals surface area contributed by atoms with Crippen molar-refractivity contribution in [2.75, 3.05) is 10.6 Å². The number of aromatic amines is 1. The lowest BCUT2D eigenvalue weighted by Gasteiger charge is -2.19. The van der Waals surface area contributed by atoms with Crippen molar-refractivity contribution in [2.24, 2.45) is 4.40 Å². The quantitative estimate of drug-likeness (QED) is 0.393. The number of aromatic hydroxyl groups is 1. The molecule has 110 valence electrons. The molecule has 0 radical (unpaired) electrons. The van der Waals surface area contributed by atoms with Crippen molar-refractivity contribution in [3.8, 4) is 5.75 Å². The second kappa shape index (κ2) is 5.15. The van der Waals surface area contributed by atoms with Crippen LogP contribution in [-0.2, 0) is 0 Å². The number of anilines is 2. The van der Waals surface area contributed by atoms with Gasteiger partial charge < -0.3 is 20.7 Å². The summed E-state index contributed by atoms with van der Waals surface area (Å²) in [6.07, 6.45) is 1.90. The Morgan fingerprint density at radius 1 is 1.18 bits per heavy atom. The van der Waals surface area contributed by atoms with E-state index in [4.69, 9.17) is 11.6 Å². The lowest BCUT2D eigenvalue weighted by atomic mass is 10.2. The first kappa shape index (κ1) is 13.4. The van der Waals surface area contributed by atoms with Crippen LogP contribution in [0.3, 0.4) is 0 Å². The molecule has 3 aromatic rings. The number of hydrogen-bond acceptors (Lipinski definition) is 5. The van der Waals surface area contributed by atoms with Crippen molar-refractivity contribution in [2.45, 2.75) is 4.90 Å². The number of guanidine groups is 1. The van der Waals surface area contributed by atoms with Gasteiger partial charge in [-0.2, -0.15) is 4.40 Å². The Kier molecular flexibility index (Phi) is 3.13. The highest BCUT2D eigenvalue weighted by atomic mass is 35.5. The van der Waals surface area contributed by atoms with E-state index in [1.807, 2.05) is 30.5 Å². The van der Waals surface area contributed by atoms with Crippen molar-refractivity contribution < 1.29 is 5.11 Å². The van der Waals surface area contributed by atoms with Gasteiger partial charge in [0.1, 0.15) is 5.75 Å². The van der Waals surface area contributed by atoms with E-state index in [0.29, 0.717) is 16.7 Å². The Morgan fingerprint density at radius 2 is 2.09 bits per heavy atom. The first-order valence-corrected chi connectivity index (χ1v) is 7.73. The summed E-state index contributed by atoms with van der Waals surface area (Å²) in [6.45, 7) is 0. The van der Waals surface area contributed by atoms with E-state index in [1.54, 1.807) is 6.07 Å². The minimum absolute atomic E-state index is 0.102. The minimum Gasteiger partial charge on any atom is -0.506 e. The van der Waals surface area contributed by atoms with Crippen molar-refractivity contribution in [1.82, 2.24) is 4.98 Å². The van der Waals surface area contributed by atoms with Gasteiger partial charge >= 0.3 is 0 Å². The Labute approximate surface area is 135 Å². The van der Waals surface area contributed by atoms with Crippen LogP contribution in [0.5, 0.6) is 5.75 Å². The summed E-state index contributed by atoms with van der Waals surface area (Å²) in [5.41, 5.74) is 2.60. The van der Waals surface area contributed by atoms with Crippen LogP contribution in [0.15, 0.2) is 51.9 Å². The van der Waals surface area contributed by atoms with Crippen LogP contribution in [0.4, 0.5) is 11.4 Å². The third-order valence-electron chi connectivity index (χ3n) is 3.34. The predicted octanol–water partition coefficient (Wildman–Crippen LogP) is 4.43. The number of fused-ring (bicyclic) bond motifs is 2. The first-order chi connectivity index (χ1) is 10.7. The predicted molar refractivity (Wildman–Crippen MR) is 92.0 cm³/mol. The van der Waals surface area contributed by atoms with Gasteiger partial charge in [-0.3, -0.25) is 0 Å². The van der Waals surface area contributed by atoms with Gasteiger partial charge in [0.25, 0.3) is 0 Å². The second-order valence-corrected chi connectivity index (χ2v) is 6.10. The number of benzene rings is 2. The van der Waals surface area contributed by atoms with Crippen LogP contribution in [-0.4, -0.2) is 16.1 Å². The number of rotatable bonds is 1. The van der Waals surface area contributed by atoms with Crippen LogP contribution in [0.1, 0.15) is 0 Å². The van der Waals surface area contributed by atoms with Gasteiger partial charge in [0, 0.05) is 45.8 Å². The zero-order valence-electron chi connectivity index (χ0n) is 11.2. The first-order valence-electron chi connectivity index (χ1n) is 6.58. The van der Waals surface area contributed by atoms with Gasteiger partial charge in [-0.25, -0.2) is 0 Å². The van der Waals surface area contributed by atoms with E-state index < -0.39 is 0 Å². The summed E-state index contributed by atoms with van der Waals surface area (Å²) in [6, 6.07) is 11.3. The Balaban J connectivity index is 1.60. The molecule has 0 saturated carbocycles. The van der Waals surface area contributed by atoms with Gasteiger partial charge in [-0.15, -0.1) is 0 Å². The molecule has 0 unspecified atom stereocenters. The molecular formula is C15H11ClN4OS. The van der Waals surface area contributed by atoms with E-state index in [-0.39, 0.29) is 5.75 Å². The maximum absolute atomic E-state index is 9.99. The molecule has 0 amide bonds. The number of H-pyrrole nitrogens is 1. The Bertz CT molecular complexity index is 906. The number of nitrogens with one attached hydrogen (secondary N) is 3. The molecule has 1 aliphatic rings. The topological polar surface area (TPSA) is 72.4 Å². The van der Waals surface area contributed by atoms with E-state index in [2.05, 4.69) is 20.0 Å². The SMILES string of the molecule is Oc1cc(Cl)cc2c1NC(Nc1ccc3[nH]ccc3c1)=NS2. The number of aromatic nitrogens is 1. The van der Waals surface area contributed by atoms with Crippen LogP contribution >= 0.6 is 23.5 Å². The summed E-state index contributed by atoms with van der Waals surface area (Å²) in [4.78, 5) is 3.94. The van der Waals surface area contributed by atoms with Crippen LogP contribution in [0.25, 0.3) is 10.9 Å². The molecule has 2 aromatic carbocycles. The number of halogens is 1.